The predicted octanol–water partition coefficient (Wildman–Crippen LogP) is 3.99. The largest absolute Gasteiger partial charge is 0.463 e. The second kappa shape index (κ2) is 34.8. The maximum atomic E-state index is 10.8. The highest BCUT2D eigenvalue weighted by Gasteiger charge is 2.07. The first-order valence-corrected chi connectivity index (χ1v) is 15.5. The number of amides is 4. The highest BCUT2D eigenvalue weighted by atomic mass is 32.1. The molecule has 12 nitrogen and oxygen atoms in total. The molecule has 0 aliphatic carbocycles. The van der Waals surface area contributed by atoms with Crippen LogP contribution in [0.1, 0.15) is 96.9 Å². The number of rotatable bonds is 6. The van der Waals surface area contributed by atoms with Crippen LogP contribution in [0.15, 0.2) is 0 Å². The van der Waals surface area contributed by atoms with Crippen molar-refractivity contribution in [1.82, 2.24) is 36.4 Å². The molecule has 5 N–H and O–H groups in total. The van der Waals surface area contributed by atoms with Gasteiger partial charge in [-0.1, -0.05) is 13.8 Å². The molecular formula is C31H71N7O5S. The molecule has 0 radical (unpaired) electrons. The lowest BCUT2D eigenvalue weighted by Crippen LogP contribution is -2.37. The lowest BCUT2D eigenvalue weighted by atomic mass is 10.2. The minimum Gasteiger partial charge on any atom is -0.463 e. The Balaban J connectivity index is -0.0000000987. The van der Waals surface area contributed by atoms with Crippen LogP contribution in [0.4, 0.5) is 4.79 Å². The van der Waals surface area contributed by atoms with E-state index in [0.717, 1.165) is 0 Å². The Morgan fingerprint density at radius 1 is 0.636 bits per heavy atom. The molecule has 13 heteroatoms. The average Bonchev–Trinajstić information content (AvgIpc) is 2.82. The van der Waals surface area contributed by atoms with E-state index in [-0.39, 0.29) is 47.9 Å². The van der Waals surface area contributed by atoms with Gasteiger partial charge in [0.15, 0.2) is 5.11 Å². The molecule has 0 aliphatic rings. The van der Waals surface area contributed by atoms with E-state index in [4.69, 9.17) is 12.2 Å². The number of hydrogen-bond acceptors (Lipinski definition) is 7. The van der Waals surface area contributed by atoms with Gasteiger partial charge in [0.25, 0.3) is 0 Å². The second-order valence-electron chi connectivity index (χ2n) is 11.7. The van der Waals surface area contributed by atoms with Gasteiger partial charge in [-0.2, -0.15) is 0 Å². The average molecular weight is 654 g/mol. The summed E-state index contributed by atoms with van der Waals surface area (Å²) < 4.78 is 4.61. The fourth-order valence-corrected chi connectivity index (χ4v) is 2.16. The molecule has 0 saturated carbocycles. The van der Waals surface area contributed by atoms with Crippen LogP contribution >= 0.6 is 12.2 Å². The van der Waals surface area contributed by atoms with E-state index in [1.807, 2.05) is 69.2 Å². The zero-order chi connectivity index (χ0) is 36.7. The highest BCUT2D eigenvalue weighted by molar-refractivity contribution is 7.80. The van der Waals surface area contributed by atoms with E-state index < -0.39 is 0 Å². The molecule has 0 aromatic rings. The molecule has 0 heterocycles. The molecule has 0 rings (SSSR count). The number of esters is 1. The monoisotopic (exact) mass is 654 g/mol. The lowest BCUT2D eigenvalue weighted by Gasteiger charge is -2.12. The molecule has 0 saturated heterocycles. The molecule has 0 spiro atoms. The molecule has 4 amide bonds. The number of carbonyl (C=O) groups is 4. The molecule has 44 heavy (non-hydrogen) atoms. The Kier molecular flexibility index (Phi) is 42.6. The van der Waals surface area contributed by atoms with Crippen LogP contribution in [0.3, 0.4) is 0 Å². The Morgan fingerprint density at radius 3 is 1.05 bits per heavy atom. The summed E-state index contributed by atoms with van der Waals surface area (Å²) in [6, 6.07) is 1.48. The summed E-state index contributed by atoms with van der Waals surface area (Å²) in [5.74, 6) is 0.139. The van der Waals surface area contributed by atoms with Gasteiger partial charge in [0.1, 0.15) is 0 Å². The van der Waals surface area contributed by atoms with Crippen molar-refractivity contribution in [3.05, 3.63) is 0 Å². The third-order valence-electron chi connectivity index (χ3n) is 4.15. The summed E-state index contributed by atoms with van der Waals surface area (Å²) in [6.45, 7) is 26.5. The molecule has 0 aromatic heterocycles. The van der Waals surface area contributed by atoms with Crippen LogP contribution in [-0.2, 0) is 19.1 Å². The molecule has 0 bridgehead atoms. The molecule has 0 unspecified atom stereocenters. The van der Waals surface area contributed by atoms with E-state index in [2.05, 4.69) is 64.2 Å². The Hall–Kier alpha value is -2.67. The summed E-state index contributed by atoms with van der Waals surface area (Å²) in [4.78, 5) is 45.1. The maximum Gasteiger partial charge on any atom is 0.314 e. The summed E-state index contributed by atoms with van der Waals surface area (Å²) in [6.07, 6.45) is 0.0255. The Bertz CT molecular complexity index is 670. The van der Waals surface area contributed by atoms with Gasteiger partial charge in [0, 0.05) is 72.1 Å². The number of thiocarbonyl (C=S) groups is 1. The van der Waals surface area contributed by atoms with Crippen LogP contribution in [0.2, 0.25) is 0 Å². The smallest absolute Gasteiger partial charge is 0.314 e. The van der Waals surface area contributed by atoms with Crippen molar-refractivity contribution in [2.24, 2.45) is 5.92 Å². The number of urea groups is 1. The third kappa shape index (κ3) is 67.2. The first kappa shape index (κ1) is 53.9. The van der Waals surface area contributed by atoms with Crippen molar-refractivity contribution in [2.45, 2.75) is 127 Å². The minimum absolute atomic E-state index is 0.0255. The van der Waals surface area contributed by atoms with E-state index in [9.17, 15) is 19.2 Å². The number of hydrogen-bond donors (Lipinski definition) is 5. The van der Waals surface area contributed by atoms with Crippen molar-refractivity contribution in [3.63, 3.8) is 0 Å². The van der Waals surface area contributed by atoms with E-state index in [1.165, 1.54) is 13.8 Å². The quantitative estimate of drug-likeness (QED) is 0.212. The second-order valence-corrected chi connectivity index (χ2v) is 12.1. The van der Waals surface area contributed by atoms with Crippen molar-refractivity contribution in [3.8, 4) is 0 Å². The summed E-state index contributed by atoms with van der Waals surface area (Å²) in [7, 11) is 11.1. The SMILES string of the molecule is CC(=O)NC(C)C.CC(=O)OC(C)C.CC(C)C(=O)N(C)C.CC(C)N(C)C.CNC(=O)NC(C)C.CNC(=S)NC(C)C. The van der Waals surface area contributed by atoms with Gasteiger partial charge in [-0.15, -0.1) is 0 Å². The highest BCUT2D eigenvalue weighted by Crippen LogP contribution is 1.94. The van der Waals surface area contributed by atoms with E-state index in [1.54, 1.807) is 33.1 Å². The van der Waals surface area contributed by atoms with Gasteiger partial charge in [-0.25, -0.2) is 4.79 Å². The molecule has 266 valence electrons. The van der Waals surface area contributed by atoms with Gasteiger partial charge >= 0.3 is 12.0 Å². The van der Waals surface area contributed by atoms with Gasteiger partial charge in [-0.3, -0.25) is 14.4 Å². The molecule has 0 aromatic carbocycles. The normalized spacial score (nSPS) is 9.43. The first-order valence-electron chi connectivity index (χ1n) is 15.1. The summed E-state index contributed by atoms with van der Waals surface area (Å²) in [5.41, 5.74) is 0. The van der Waals surface area contributed by atoms with E-state index >= 15 is 0 Å². The fourth-order valence-electron chi connectivity index (χ4n) is 1.92. The van der Waals surface area contributed by atoms with Crippen molar-refractivity contribution in [2.75, 3.05) is 42.3 Å². The van der Waals surface area contributed by atoms with Crippen molar-refractivity contribution >= 4 is 41.1 Å². The number of nitrogens with one attached hydrogen (secondary N) is 5. The Morgan fingerprint density at radius 2 is 1.00 bits per heavy atom. The topological polar surface area (TPSA) is 144 Å². The zero-order valence-corrected chi connectivity index (χ0v) is 32.6. The lowest BCUT2D eigenvalue weighted by molar-refractivity contribution is -0.144. The minimum atomic E-state index is -0.213. The maximum absolute atomic E-state index is 10.8. The molecule has 0 atom stereocenters. The van der Waals surface area contributed by atoms with Crippen LogP contribution < -0.4 is 26.6 Å². The van der Waals surface area contributed by atoms with Crippen molar-refractivity contribution < 1.29 is 23.9 Å². The number of nitrogens with zero attached hydrogens (tertiary/aromatic N) is 2. The number of ether oxygens (including phenoxy) is 1. The van der Waals surface area contributed by atoms with E-state index in [0.29, 0.717) is 17.2 Å². The van der Waals surface area contributed by atoms with Crippen LogP contribution in [0.5, 0.6) is 0 Å². The van der Waals surface area contributed by atoms with Crippen molar-refractivity contribution in [1.29, 1.82) is 0 Å². The fraction of sp³-hybridized carbons (Fsp3) is 0.839. The van der Waals surface area contributed by atoms with Crippen LogP contribution in [-0.4, -0.2) is 111 Å². The number of carbonyl (C=O) groups excluding carboxylic acids is 4. The van der Waals surface area contributed by atoms with Gasteiger partial charge < -0.3 is 41.1 Å². The zero-order valence-electron chi connectivity index (χ0n) is 31.8. The molecular weight excluding hydrogens is 582 g/mol. The standard InChI is InChI=1S/C6H13NO.C5H12N2O.C5H12N2S.C5H11NO.C5H13N.C5H10O2/c1-5(2)6(8)7(3)4;2*1-4(2)7-5(8)6-3;1-4(2)6-5(3)7;1-5(2)6(3)4;1-4(2)7-5(3)6/h5H,1-4H3;2*4H,1-3H3,(H2,6,7,8);4H,1-3H3,(H,6,7);5H,1-4H3;4H,1-3H3. The molecule has 0 aliphatic heterocycles. The molecule has 0 fully saturated rings. The third-order valence-corrected chi connectivity index (χ3v) is 4.48. The summed E-state index contributed by atoms with van der Waals surface area (Å²) >= 11 is 4.81. The van der Waals surface area contributed by atoms with Crippen LogP contribution in [0, 0.1) is 5.92 Å². The van der Waals surface area contributed by atoms with Gasteiger partial charge in [-0.05, 0) is 95.6 Å². The predicted molar refractivity (Wildman–Crippen MR) is 191 cm³/mol. The first-order chi connectivity index (χ1) is 19.8. The van der Waals surface area contributed by atoms with Gasteiger partial charge in [0.05, 0.1) is 6.10 Å². The van der Waals surface area contributed by atoms with Crippen LogP contribution in [0.25, 0.3) is 0 Å². The summed E-state index contributed by atoms with van der Waals surface area (Å²) in [5, 5.41) is 14.3. The van der Waals surface area contributed by atoms with Gasteiger partial charge in [0.2, 0.25) is 11.8 Å². The Labute approximate surface area is 276 Å².